The minimum Gasteiger partial charge on any atom is -0.483 e. The highest BCUT2D eigenvalue weighted by Crippen LogP contribution is 2.28. The van der Waals surface area contributed by atoms with E-state index in [1.54, 1.807) is 18.2 Å². The summed E-state index contributed by atoms with van der Waals surface area (Å²) in [4.78, 5) is 25.2. The number of carbonyl (C=O) groups is 2. The molecule has 0 saturated heterocycles. The van der Waals surface area contributed by atoms with Crippen molar-refractivity contribution >= 4 is 34.3 Å². The molecule has 1 aromatic heterocycles. The molecule has 0 aliphatic carbocycles. The number of fused-ring (bicyclic) bond motifs is 1. The summed E-state index contributed by atoms with van der Waals surface area (Å²) < 4.78 is 19.0. The van der Waals surface area contributed by atoms with Gasteiger partial charge in [-0.15, -0.1) is 11.3 Å². The summed E-state index contributed by atoms with van der Waals surface area (Å²) >= 11 is 1.50. The maximum absolute atomic E-state index is 13.3. The van der Waals surface area contributed by atoms with Gasteiger partial charge in [-0.3, -0.25) is 9.59 Å². The second-order valence-electron chi connectivity index (χ2n) is 6.67. The Morgan fingerprint density at radius 3 is 2.57 bits per heavy atom. The van der Waals surface area contributed by atoms with Gasteiger partial charge in [-0.1, -0.05) is 48.5 Å². The second-order valence-corrected chi connectivity index (χ2v) is 7.65. The third-order valence-electron chi connectivity index (χ3n) is 4.74. The molecule has 0 fully saturated rings. The van der Waals surface area contributed by atoms with Crippen LogP contribution in [0.2, 0.25) is 0 Å². The molecule has 0 bridgehead atoms. The van der Waals surface area contributed by atoms with E-state index < -0.39 is 6.04 Å². The van der Waals surface area contributed by atoms with E-state index in [1.165, 1.54) is 23.5 Å². The molecule has 6 heteroatoms. The lowest BCUT2D eigenvalue weighted by Crippen LogP contribution is -2.33. The Kier molecular flexibility index (Phi) is 5.86. The fraction of sp³-hybridized carbons (Fsp3) is 0.0833. The molecule has 1 unspecified atom stereocenters. The molecule has 4 nitrogen and oxygen atoms in total. The maximum atomic E-state index is 13.3. The molecule has 4 rings (SSSR count). The van der Waals surface area contributed by atoms with Crippen LogP contribution in [0.1, 0.15) is 26.8 Å². The normalized spacial score (nSPS) is 11.8. The van der Waals surface area contributed by atoms with E-state index in [9.17, 15) is 14.0 Å². The van der Waals surface area contributed by atoms with E-state index in [4.69, 9.17) is 4.74 Å². The summed E-state index contributed by atoms with van der Waals surface area (Å²) in [5, 5.41) is 6.55. The van der Waals surface area contributed by atoms with Crippen molar-refractivity contribution < 1.29 is 18.7 Å². The number of aldehydes is 1. The number of carbonyl (C=O) groups excluding carboxylic acids is 2. The van der Waals surface area contributed by atoms with Crippen molar-refractivity contribution in [2.24, 2.45) is 0 Å². The van der Waals surface area contributed by atoms with Crippen molar-refractivity contribution in [3.05, 3.63) is 100.0 Å². The van der Waals surface area contributed by atoms with Gasteiger partial charge in [-0.05, 0) is 46.0 Å². The zero-order chi connectivity index (χ0) is 20.9. The quantitative estimate of drug-likeness (QED) is 0.422. The Bertz CT molecular complexity index is 1170. The van der Waals surface area contributed by atoms with Crippen molar-refractivity contribution in [2.75, 3.05) is 6.61 Å². The van der Waals surface area contributed by atoms with Crippen LogP contribution in [0.25, 0.3) is 10.8 Å². The molecule has 0 saturated carbocycles. The van der Waals surface area contributed by atoms with Crippen molar-refractivity contribution in [1.29, 1.82) is 0 Å². The monoisotopic (exact) mass is 419 g/mol. The number of ether oxygens (including phenoxy) is 1. The lowest BCUT2D eigenvalue weighted by Gasteiger charge is -2.19. The standard InChI is InChI=1S/C24H18FNO3S/c25-18-10-7-17(8-11-18)24(22-6-3-13-30-22)26-23(28)15-29-21-12-9-16-4-1-2-5-19(16)20(21)14-27/h1-14,24H,15H2,(H,26,28). The molecule has 30 heavy (non-hydrogen) atoms. The molecule has 1 N–H and O–H groups in total. The van der Waals surface area contributed by atoms with Crippen LogP contribution < -0.4 is 10.1 Å². The van der Waals surface area contributed by atoms with Crippen LogP contribution in [0.15, 0.2) is 78.2 Å². The predicted octanol–water partition coefficient (Wildman–Crippen LogP) is 5.14. The van der Waals surface area contributed by atoms with Crippen LogP contribution >= 0.6 is 11.3 Å². The van der Waals surface area contributed by atoms with Gasteiger partial charge in [0, 0.05) is 4.88 Å². The Hall–Kier alpha value is -3.51. The maximum Gasteiger partial charge on any atom is 0.258 e. The first-order valence-electron chi connectivity index (χ1n) is 9.33. The Labute approximate surface area is 176 Å². The number of nitrogens with one attached hydrogen (secondary N) is 1. The summed E-state index contributed by atoms with van der Waals surface area (Å²) in [6.45, 7) is -0.248. The van der Waals surface area contributed by atoms with Crippen LogP contribution in [0, 0.1) is 5.82 Å². The van der Waals surface area contributed by atoms with Gasteiger partial charge in [0.05, 0.1) is 11.6 Å². The first kappa shape index (κ1) is 19.8. The number of benzene rings is 3. The Morgan fingerprint density at radius 2 is 1.83 bits per heavy atom. The Morgan fingerprint density at radius 1 is 1.03 bits per heavy atom. The van der Waals surface area contributed by atoms with Gasteiger partial charge in [0.1, 0.15) is 11.6 Å². The third-order valence-corrected chi connectivity index (χ3v) is 5.68. The van der Waals surface area contributed by atoms with Gasteiger partial charge >= 0.3 is 0 Å². The van der Waals surface area contributed by atoms with Crippen LogP contribution in [-0.4, -0.2) is 18.8 Å². The smallest absolute Gasteiger partial charge is 0.258 e. The van der Waals surface area contributed by atoms with Gasteiger partial charge in [0.2, 0.25) is 0 Å². The fourth-order valence-electron chi connectivity index (χ4n) is 3.30. The van der Waals surface area contributed by atoms with Crippen LogP contribution in [-0.2, 0) is 4.79 Å². The fourth-order valence-corrected chi connectivity index (χ4v) is 4.10. The summed E-state index contributed by atoms with van der Waals surface area (Å²) in [5.74, 6) is -0.327. The number of thiophene rings is 1. The van der Waals surface area contributed by atoms with E-state index in [-0.39, 0.29) is 18.3 Å². The van der Waals surface area contributed by atoms with E-state index in [2.05, 4.69) is 5.32 Å². The van der Waals surface area contributed by atoms with Crippen molar-refractivity contribution in [3.8, 4) is 5.75 Å². The second kappa shape index (κ2) is 8.88. The molecule has 0 spiro atoms. The Balaban J connectivity index is 1.51. The summed E-state index contributed by atoms with van der Waals surface area (Å²) in [6.07, 6.45) is 0.739. The molecule has 1 atom stereocenters. The van der Waals surface area contributed by atoms with E-state index in [0.29, 0.717) is 11.3 Å². The molecular weight excluding hydrogens is 401 g/mol. The number of amides is 1. The predicted molar refractivity (Wildman–Crippen MR) is 116 cm³/mol. The van der Waals surface area contributed by atoms with Crippen LogP contribution in [0.3, 0.4) is 0 Å². The first-order valence-corrected chi connectivity index (χ1v) is 10.2. The SMILES string of the molecule is O=Cc1c(OCC(=O)NC(c2ccc(F)cc2)c2cccs2)ccc2ccccc12. The highest BCUT2D eigenvalue weighted by Gasteiger charge is 2.19. The van der Waals surface area contributed by atoms with E-state index >= 15 is 0 Å². The van der Waals surface area contributed by atoms with Gasteiger partial charge in [0.25, 0.3) is 5.91 Å². The van der Waals surface area contributed by atoms with Crippen LogP contribution in [0.5, 0.6) is 5.75 Å². The summed E-state index contributed by atoms with van der Waals surface area (Å²) in [6, 6.07) is 20.4. The average Bonchev–Trinajstić information content (AvgIpc) is 3.31. The van der Waals surface area contributed by atoms with Crippen LogP contribution in [0.4, 0.5) is 4.39 Å². The summed E-state index contributed by atoms with van der Waals surface area (Å²) in [5.41, 5.74) is 1.18. The van der Waals surface area contributed by atoms with Crippen molar-refractivity contribution in [2.45, 2.75) is 6.04 Å². The lowest BCUT2D eigenvalue weighted by molar-refractivity contribution is -0.123. The minimum atomic E-state index is -0.413. The molecule has 1 heterocycles. The topological polar surface area (TPSA) is 55.4 Å². The third kappa shape index (κ3) is 4.23. The summed E-state index contributed by atoms with van der Waals surface area (Å²) in [7, 11) is 0. The number of halogens is 1. The number of hydrogen-bond donors (Lipinski definition) is 1. The van der Waals surface area contributed by atoms with Gasteiger partial charge in [-0.25, -0.2) is 4.39 Å². The van der Waals surface area contributed by atoms with E-state index in [1.807, 2.05) is 47.8 Å². The average molecular weight is 419 g/mol. The minimum absolute atomic E-state index is 0.248. The van der Waals surface area contributed by atoms with Gasteiger partial charge < -0.3 is 10.1 Å². The molecule has 0 aliphatic heterocycles. The van der Waals surface area contributed by atoms with E-state index in [0.717, 1.165) is 27.5 Å². The highest BCUT2D eigenvalue weighted by atomic mass is 32.1. The molecule has 1 amide bonds. The lowest BCUT2D eigenvalue weighted by atomic mass is 10.0. The molecular formula is C24H18FNO3S. The highest BCUT2D eigenvalue weighted by molar-refractivity contribution is 7.10. The molecule has 3 aromatic carbocycles. The van der Waals surface area contributed by atoms with Gasteiger partial charge in [0.15, 0.2) is 12.9 Å². The zero-order valence-electron chi connectivity index (χ0n) is 15.9. The van der Waals surface area contributed by atoms with Crippen molar-refractivity contribution in [1.82, 2.24) is 5.32 Å². The van der Waals surface area contributed by atoms with Crippen molar-refractivity contribution in [3.63, 3.8) is 0 Å². The molecule has 0 aliphatic rings. The number of rotatable bonds is 7. The number of hydrogen-bond acceptors (Lipinski definition) is 4. The zero-order valence-corrected chi connectivity index (χ0v) is 16.7. The first-order chi connectivity index (χ1) is 14.7. The van der Waals surface area contributed by atoms with Gasteiger partial charge in [-0.2, -0.15) is 0 Å². The molecule has 150 valence electrons. The molecule has 0 radical (unpaired) electrons. The largest absolute Gasteiger partial charge is 0.483 e. The molecule has 4 aromatic rings.